The highest BCUT2D eigenvalue weighted by molar-refractivity contribution is 7.92. The molecule has 3 aromatic carbocycles. The van der Waals surface area contributed by atoms with Crippen molar-refractivity contribution in [3.05, 3.63) is 84.2 Å². The number of amides is 1. The SMILES string of the molecule is Cc1ccc(S(=O)(=O)N(C)c2ccc(OCC(=O)Nc3ccccc3F)cc2)cc1. The normalized spacial score (nSPS) is 11.0. The van der Waals surface area contributed by atoms with Crippen LogP contribution in [-0.4, -0.2) is 28.0 Å². The molecule has 0 fully saturated rings. The van der Waals surface area contributed by atoms with Gasteiger partial charge in [-0.05, 0) is 55.5 Å². The van der Waals surface area contributed by atoms with Crippen molar-refractivity contribution in [3.8, 4) is 5.75 Å². The number of carbonyl (C=O) groups is 1. The summed E-state index contributed by atoms with van der Waals surface area (Å²) >= 11 is 0. The number of hydrogen-bond donors (Lipinski definition) is 1. The summed E-state index contributed by atoms with van der Waals surface area (Å²) in [5.74, 6) is -0.667. The Bertz CT molecular complexity index is 1130. The zero-order chi connectivity index (χ0) is 21.7. The Morgan fingerprint density at radius 2 is 1.63 bits per heavy atom. The van der Waals surface area contributed by atoms with Gasteiger partial charge in [-0.25, -0.2) is 12.8 Å². The first-order valence-corrected chi connectivity index (χ1v) is 10.5. The molecule has 0 heterocycles. The van der Waals surface area contributed by atoms with E-state index in [2.05, 4.69) is 5.32 Å². The van der Waals surface area contributed by atoms with Crippen LogP contribution < -0.4 is 14.4 Å². The summed E-state index contributed by atoms with van der Waals surface area (Å²) in [4.78, 5) is 12.1. The quantitative estimate of drug-likeness (QED) is 0.618. The Hall–Kier alpha value is -3.39. The van der Waals surface area contributed by atoms with Gasteiger partial charge < -0.3 is 10.1 Å². The summed E-state index contributed by atoms with van der Waals surface area (Å²) in [5.41, 5.74) is 1.49. The van der Waals surface area contributed by atoms with E-state index in [0.717, 1.165) is 5.56 Å². The lowest BCUT2D eigenvalue weighted by atomic mass is 10.2. The van der Waals surface area contributed by atoms with Gasteiger partial charge in [0.25, 0.3) is 15.9 Å². The van der Waals surface area contributed by atoms with Crippen LogP contribution in [0.15, 0.2) is 77.7 Å². The van der Waals surface area contributed by atoms with E-state index < -0.39 is 21.7 Å². The number of anilines is 2. The molecule has 1 amide bonds. The minimum absolute atomic E-state index is 0.0735. The molecule has 8 heteroatoms. The van der Waals surface area contributed by atoms with Crippen molar-refractivity contribution in [2.24, 2.45) is 0 Å². The third kappa shape index (κ3) is 4.96. The molecule has 0 saturated heterocycles. The van der Waals surface area contributed by atoms with Gasteiger partial charge in [0, 0.05) is 7.05 Å². The highest BCUT2D eigenvalue weighted by atomic mass is 32.2. The number of aryl methyl sites for hydroxylation is 1. The second-order valence-electron chi connectivity index (χ2n) is 6.60. The fraction of sp³-hybridized carbons (Fsp3) is 0.136. The number of para-hydroxylation sites is 1. The number of nitrogens with one attached hydrogen (secondary N) is 1. The zero-order valence-corrected chi connectivity index (χ0v) is 17.3. The lowest BCUT2D eigenvalue weighted by Crippen LogP contribution is -2.26. The molecule has 0 aliphatic carbocycles. The maximum atomic E-state index is 13.6. The first kappa shape index (κ1) is 21.3. The van der Waals surface area contributed by atoms with Crippen LogP contribution >= 0.6 is 0 Å². The van der Waals surface area contributed by atoms with Crippen LogP contribution in [0, 0.1) is 12.7 Å². The van der Waals surface area contributed by atoms with E-state index in [-0.39, 0.29) is 17.2 Å². The Labute approximate surface area is 175 Å². The predicted octanol–water partition coefficient (Wildman–Crippen LogP) is 3.98. The number of halogens is 1. The number of sulfonamides is 1. The third-order valence-corrected chi connectivity index (χ3v) is 6.20. The second-order valence-corrected chi connectivity index (χ2v) is 8.57. The van der Waals surface area contributed by atoms with Crippen molar-refractivity contribution < 1.29 is 22.3 Å². The number of rotatable bonds is 7. The molecule has 0 saturated carbocycles. The molecule has 156 valence electrons. The van der Waals surface area contributed by atoms with Gasteiger partial charge in [0.05, 0.1) is 16.3 Å². The summed E-state index contributed by atoms with van der Waals surface area (Å²) in [5, 5.41) is 2.43. The van der Waals surface area contributed by atoms with E-state index in [9.17, 15) is 17.6 Å². The lowest BCUT2D eigenvalue weighted by molar-refractivity contribution is -0.118. The fourth-order valence-electron chi connectivity index (χ4n) is 2.66. The van der Waals surface area contributed by atoms with Crippen LogP contribution in [0.4, 0.5) is 15.8 Å². The van der Waals surface area contributed by atoms with Crippen LogP contribution in [0.2, 0.25) is 0 Å². The average molecular weight is 428 g/mol. The Morgan fingerprint density at radius 1 is 1.00 bits per heavy atom. The maximum absolute atomic E-state index is 13.6. The topological polar surface area (TPSA) is 75.7 Å². The largest absolute Gasteiger partial charge is 0.484 e. The van der Waals surface area contributed by atoms with Gasteiger partial charge >= 0.3 is 0 Å². The van der Waals surface area contributed by atoms with Crippen LogP contribution in [-0.2, 0) is 14.8 Å². The third-order valence-electron chi connectivity index (χ3n) is 4.40. The van der Waals surface area contributed by atoms with Crippen molar-refractivity contribution in [3.63, 3.8) is 0 Å². The van der Waals surface area contributed by atoms with Crippen LogP contribution in [0.3, 0.4) is 0 Å². The van der Waals surface area contributed by atoms with E-state index in [0.29, 0.717) is 11.4 Å². The molecule has 0 aliphatic rings. The molecule has 0 radical (unpaired) electrons. The summed E-state index contributed by atoms with van der Waals surface area (Å²) < 4.78 is 45.6. The molecule has 30 heavy (non-hydrogen) atoms. The van der Waals surface area contributed by atoms with Crippen molar-refractivity contribution in [1.29, 1.82) is 0 Å². The first-order chi connectivity index (χ1) is 14.3. The number of ether oxygens (including phenoxy) is 1. The molecule has 0 bridgehead atoms. The number of hydrogen-bond acceptors (Lipinski definition) is 4. The summed E-state index contributed by atoms with van der Waals surface area (Å²) in [6, 6.07) is 18.7. The van der Waals surface area contributed by atoms with E-state index in [1.165, 1.54) is 29.6 Å². The molecule has 3 rings (SSSR count). The van der Waals surface area contributed by atoms with E-state index in [4.69, 9.17) is 4.74 Å². The monoisotopic (exact) mass is 428 g/mol. The molecule has 3 aromatic rings. The summed E-state index contributed by atoms with van der Waals surface area (Å²) in [6.07, 6.45) is 0. The van der Waals surface area contributed by atoms with Crippen molar-refractivity contribution in [2.75, 3.05) is 23.3 Å². The molecule has 0 aliphatic heterocycles. The maximum Gasteiger partial charge on any atom is 0.264 e. The first-order valence-electron chi connectivity index (χ1n) is 9.10. The van der Waals surface area contributed by atoms with E-state index in [1.807, 2.05) is 6.92 Å². The Kier molecular flexibility index (Phi) is 6.37. The van der Waals surface area contributed by atoms with Gasteiger partial charge in [-0.3, -0.25) is 9.10 Å². The standard InChI is InChI=1S/C22H21FN2O4S/c1-16-7-13-19(14-8-16)30(27,28)25(2)17-9-11-18(12-10-17)29-15-22(26)24-21-6-4-3-5-20(21)23/h3-14H,15H2,1-2H3,(H,24,26). The summed E-state index contributed by atoms with van der Waals surface area (Å²) in [7, 11) is -2.23. The molecule has 0 unspecified atom stereocenters. The predicted molar refractivity (Wildman–Crippen MR) is 114 cm³/mol. The van der Waals surface area contributed by atoms with Gasteiger partial charge in [0.15, 0.2) is 6.61 Å². The second kappa shape index (κ2) is 8.96. The highest BCUT2D eigenvalue weighted by Gasteiger charge is 2.21. The van der Waals surface area contributed by atoms with Gasteiger partial charge in [-0.1, -0.05) is 29.8 Å². The van der Waals surface area contributed by atoms with Gasteiger partial charge in [-0.2, -0.15) is 0 Å². The molecule has 6 nitrogen and oxygen atoms in total. The Balaban J connectivity index is 1.62. The highest BCUT2D eigenvalue weighted by Crippen LogP contribution is 2.24. The number of benzene rings is 3. The molecule has 1 N–H and O–H groups in total. The molecule has 0 spiro atoms. The van der Waals surface area contributed by atoms with Crippen LogP contribution in [0.5, 0.6) is 5.75 Å². The van der Waals surface area contributed by atoms with Crippen molar-refractivity contribution in [1.82, 2.24) is 0 Å². The fourth-order valence-corrected chi connectivity index (χ4v) is 3.85. The van der Waals surface area contributed by atoms with E-state index in [1.54, 1.807) is 54.6 Å². The Morgan fingerprint density at radius 3 is 2.27 bits per heavy atom. The minimum atomic E-state index is -3.69. The minimum Gasteiger partial charge on any atom is -0.484 e. The molecular formula is C22H21FN2O4S. The molecular weight excluding hydrogens is 407 g/mol. The van der Waals surface area contributed by atoms with Crippen LogP contribution in [0.25, 0.3) is 0 Å². The van der Waals surface area contributed by atoms with E-state index >= 15 is 0 Å². The number of nitrogens with zero attached hydrogens (tertiary/aromatic N) is 1. The number of carbonyl (C=O) groups excluding carboxylic acids is 1. The zero-order valence-electron chi connectivity index (χ0n) is 16.5. The smallest absolute Gasteiger partial charge is 0.264 e. The van der Waals surface area contributed by atoms with Gasteiger partial charge in [0.1, 0.15) is 11.6 Å². The van der Waals surface area contributed by atoms with Crippen molar-refractivity contribution in [2.45, 2.75) is 11.8 Å². The van der Waals surface area contributed by atoms with Crippen LogP contribution in [0.1, 0.15) is 5.56 Å². The summed E-state index contributed by atoms with van der Waals surface area (Å²) in [6.45, 7) is 1.57. The van der Waals surface area contributed by atoms with Crippen molar-refractivity contribution >= 4 is 27.3 Å². The average Bonchev–Trinajstić information content (AvgIpc) is 2.74. The molecule has 0 atom stereocenters. The molecule has 0 aromatic heterocycles. The van der Waals surface area contributed by atoms with Gasteiger partial charge in [-0.15, -0.1) is 0 Å². The lowest BCUT2D eigenvalue weighted by Gasteiger charge is -2.20. The van der Waals surface area contributed by atoms with Gasteiger partial charge in [0.2, 0.25) is 0 Å².